The van der Waals surface area contributed by atoms with Crippen molar-refractivity contribution in [2.24, 2.45) is 5.92 Å². The van der Waals surface area contributed by atoms with Crippen molar-refractivity contribution in [1.29, 1.82) is 0 Å². The van der Waals surface area contributed by atoms with Gasteiger partial charge in [0.1, 0.15) is 10.7 Å². The quantitative estimate of drug-likeness (QED) is 0.586. The Morgan fingerprint density at radius 2 is 2.06 bits per heavy atom. The number of hydrogen-bond donors (Lipinski definition) is 0. The van der Waals surface area contributed by atoms with E-state index in [1.54, 1.807) is 13.0 Å². The summed E-state index contributed by atoms with van der Waals surface area (Å²) >= 11 is 0. The molecule has 1 aromatic rings. The molecule has 18 heavy (non-hydrogen) atoms. The molecule has 0 saturated heterocycles. The van der Waals surface area contributed by atoms with E-state index in [9.17, 15) is 19.1 Å². The third-order valence-electron chi connectivity index (χ3n) is 2.74. The van der Waals surface area contributed by atoms with E-state index in [1.807, 2.05) is 6.92 Å². The van der Waals surface area contributed by atoms with Gasteiger partial charge < -0.3 is 0 Å². The highest BCUT2D eigenvalue weighted by Crippen LogP contribution is 2.22. The lowest BCUT2D eigenvalue weighted by Crippen LogP contribution is -2.18. The van der Waals surface area contributed by atoms with Gasteiger partial charge in [-0.15, -0.1) is 0 Å². The van der Waals surface area contributed by atoms with Crippen LogP contribution < -0.4 is 0 Å². The molecule has 2 atom stereocenters. The Balaban J connectivity index is 2.92. The van der Waals surface area contributed by atoms with Crippen molar-refractivity contribution in [3.8, 4) is 0 Å². The maximum absolute atomic E-state index is 12.0. The van der Waals surface area contributed by atoms with Crippen molar-refractivity contribution in [1.82, 2.24) is 0 Å². The second kappa shape index (κ2) is 6.39. The number of benzene rings is 1. The van der Waals surface area contributed by atoms with E-state index in [0.717, 1.165) is 0 Å². The zero-order chi connectivity index (χ0) is 13.7. The molecule has 0 spiro atoms. The molecule has 0 aliphatic heterocycles. The van der Waals surface area contributed by atoms with Gasteiger partial charge in [-0.2, -0.15) is 0 Å². The van der Waals surface area contributed by atoms with Crippen molar-refractivity contribution in [3.63, 3.8) is 0 Å². The summed E-state index contributed by atoms with van der Waals surface area (Å²) in [5, 5.41) is 10.8. The fourth-order valence-electron chi connectivity index (χ4n) is 1.38. The Morgan fingerprint density at radius 3 is 2.61 bits per heavy atom. The summed E-state index contributed by atoms with van der Waals surface area (Å²) in [6.45, 7) is 3.63. The predicted molar refractivity (Wildman–Crippen MR) is 68.8 cm³/mol. The lowest BCUT2D eigenvalue weighted by Gasteiger charge is -2.07. The molecule has 1 rings (SSSR count). The molecule has 0 amide bonds. The first-order valence-electron chi connectivity index (χ1n) is 5.61. The molecule has 0 saturated carbocycles. The number of nitro groups is 1. The SMILES string of the molecule is CCC(C)C(=O)CS(=O)c1ccccc1[N+](=O)[O-]. The lowest BCUT2D eigenvalue weighted by atomic mass is 10.1. The Hall–Kier alpha value is -1.56. The number of nitrogens with zero attached hydrogens (tertiary/aromatic N) is 1. The van der Waals surface area contributed by atoms with E-state index < -0.39 is 15.7 Å². The van der Waals surface area contributed by atoms with Gasteiger partial charge in [0, 0.05) is 12.0 Å². The number of para-hydroxylation sites is 1. The summed E-state index contributed by atoms with van der Waals surface area (Å²) in [6, 6.07) is 5.81. The molecule has 0 heterocycles. The molecule has 0 bridgehead atoms. The van der Waals surface area contributed by atoms with Crippen LogP contribution in [0.3, 0.4) is 0 Å². The normalized spacial score (nSPS) is 13.9. The first-order chi connectivity index (χ1) is 8.47. The summed E-state index contributed by atoms with van der Waals surface area (Å²) in [4.78, 5) is 22.0. The Bertz CT molecular complexity index is 487. The van der Waals surface area contributed by atoms with Crippen LogP contribution in [0, 0.1) is 16.0 Å². The topological polar surface area (TPSA) is 77.3 Å². The molecule has 0 aliphatic rings. The number of nitro benzene ring substituents is 1. The molecule has 0 aromatic heterocycles. The third-order valence-corrected chi connectivity index (χ3v) is 4.13. The summed E-state index contributed by atoms with van der Waals surface area (Å²) in [7, 11) is -1.66. The Morgan fingerprint density at radius 1 is 1.44 bits per heavy atom. The molecule has 2 unspecified atom stereocenters. The summed E-state index contributed by atoms with van der Waals surface area (Å²) in [6.07, 6.45) is 0.674. The molecule has 1 aromatic carbocycles. The summed E-state index contributed by atoms with van der Waals surface area (Å²) < 4.78 is 12.0. The van der Waals surface area contributed by atoms with Crippen molar-refractivity contribution >= 4 is 22.3 Å². The average Bonchev–Trinajstić information content (AvgIpc) is 2.37. The first-order valence-corrected chi connectivity index (χ1v) is 6.93. The van der Waals surface area contributed by atoms with Gasteiger partial charge in [0.05, 0.1) is 21.5 Å². The van der Waals surface area contributed by atoms with Crippen LogP contribution in [-0.4, -0.2) is 20.7 Å². The van der Waals surface area contributed by atoms with Crippen LogP contribution in [0.25, 0.3) is 0 Å². The average molecular weight is 269 g/mol. The van der Waals surface area contributed by atoms with Crippen LogP contribution in [0.2, 0.25) is 0 Å². The molecule has 0 radical (unpaired) electrons. The van der Waals surface area contributed by atoms with Gasteiger partial charge in [0.15, 0.2) is 0 Å². The Labute approximate surface area is 108 Å². The predicted octanol–water partition coefficient (Wildman–Crippen LogP) is 2.32. The van der Waals surface area contributed by atoms with E-state index in [-0.39, 0.29) is 28.0 Å². The monoisotopic (exact) mass is 269 g/mol. The van der Waals surface area contributed by atoms with E-state index in [0.29, 0.717) is 6.42 Å². The maximum Gasteiger partial charge on any atom is 0.285 e. The van der Waals surface area contributed by atoms with Crippen LogP contribution in [-0.2, 0) is 15.6 Å². The summed E-state index contributed by atoms with van der Waals surface area (Å²) in [5.74, 6) is -0.467. The van der Waals surface area contributed by atoms with Gasteiger partial charge in [0.2, 0.25) is 0 Å². The molecular weight excluding hydrogens is 254 g/mol. The number of hydrogen-bond acceptors (Lipinski definition) is 4. The number of ketones is 1. The zero-order valence-corrected chi connectivity index (χ0v) is 11.1. The van der Waals surface area contributed by atoms with Crippen LogP contribution in [0.5, 0.6) is 0 Å². The van der Waals surface area contributed by atoms with Gasteiger partial charge in [-0.1, -0.05) is 26.0 Å². The number of carbonyl (C=O) groups is 1. The van der Waals surface area contributed by atoms with Gasteiger partial charge in [0.25, 0.3) is 5.69 Å². The van der Waals surface area contributed by atoms with Gasteiger partial charge in [-0.05, 0) is 12.5 Å². The lowest BCUT2D eigenvalue weighted by molar-refractivity contribution is -0.387. The molecular formula is C12H15NO4S. The van der Waals surface area contributed by atoms with Gasteiger partial charge in [-0.25, -0.2) is 0 Å². The molecule has 0 N–H and O–H groups in total. The minimum atomic E-state index is -1.66. The smallest absolute Gasteiger partial charge is 0.285 e. The number of Topliss-reactive ketones (excluding diaryl/α,β-unsaturated/α-hetero) is 1. The van der Waals surface area contributed by atoms with Crippen molar-refractivity contribution < 1.29 is 13.9 Å². The van der Waals surface area contributed by atoms with Crippen LogP contribution in [0.4, 0.5) is 5.69 Å². The number of rotatable bonds is 6. The molecule has 6 heteroatoms. The Kier molecular flexibility index (Phi) is 5.15. The van der Waals surface area contributed by atoms with Crippen molar-refractivity contribution in [2.45, 2.75) is 25.2 Å². The molecule has 0 fully saturated rings. The molecule has 5 nitrogen and oxygen atoms in total. The van der Waals surface area contributed by atoms with E-state index in [4.69, 9.17) is 0 Å². The standard InChI is InChI=1S/C12H15NO4S/c1-3-9(2)11(14)8-18(17)12-7-5-4-6-10(12)13(15)16/h4-7,9H,3,8H2,1-2H3. The van der Waals surface area contributed by atoms with Crippen LogP contribution >= 0.6 is 0 Å². The van der Waals surface area contributed by atoms with Gasteiger partial charge in [-0.3, -0.25) is 19.1 Å². The van der Waals surface area contributed by atoms with E-state index in [2.05, 4.69) is 0 Å². The second-order valence-electron chi connectivity index (χ2n) is 3.99. The maximum atomic E-state index is 12.0. The largest absolute Gasteiger partial charge is 0.298 e. The highest BCUT2D eigenvalue weighted by atomic mass is 32.2. The zero-order valence-electron chi connectivity index (χ0n) is 10.3. The minimum Gasteiger partial charge on any atom is -0.298 e. The van der Waals surface area contributed by atoms with Crippen molar-refractivity contribution in [3.05, 3.63) is 34.4 Å². The van der Waals surface area contributed by atoms with Gasteiger partial charge >= 0.3 is 0 Å². The van der Waals surface area contributed by atoms with E-state index in [1.165, 1.54) is 18.2 Å². The fraction of sp³-hybridized carbons (Fsp3) is 0.417. The minimum absolute atomic E-state index is 0.110. The molecule has 98 valence electrons. The third kappa shape index (κ3) is 3.46. The fourth-order valence-corrected chi connectivity index (χ4v) is 2.68. The highest BCUT2D eigenvalue weighted by Gasteiger charge is 2.21. The van der Waals surface area contributed by atoms with Crippen molar-refractivity contribution in [2.75, 3.05) is 5.75 Å². The number of carbonyl (C=O) groups excluding carboxylic acids is 1. The highest BCUT2D eigenvalue weighted by molar-refractivity contribution is 7.86. The summed E-state index contributed by atoms with van der Waals surface area (Å²) in [5.41, 5.74) is -0.201. The molecule has 0 aliphatic carbocycles. The van der Waals surface area contributed by atoms with Crippen LogP contribution in [0.15, 0.2) is 29.2 Å². The van der Waals surface area contributed by atoms with E-state index >= 15 is 0 Å². The van der Waals surface area contributed by atoms with Crippen LogP contribution in [0.1, 0.15) is 20.3 Å². The second-order valence-corrected chi connectivity index (χ2v) is 5.41. The first kappa shape index (κ1) is 14.5.